The number of carbonyl (C=O) groups is 1. The van der Waals surface area contributed by atoms with Gasteiger partial charge in [0, 0.05) is 12.6 Å². The normalized spacial score (nSPS) is 20.5. The molecule has 1 heterocycles. The second-order valence-corrected chi connectivity index (χ2v) is 9.58. The number of amides is 1. The van der Waals surface area contributed by atoms with E-state index >= 15 is 0 Å². The van der Waals surface area contributed by atoms with E-state index in [0.717, 1.165) is 6.42 Å². The molecular weight excluding hydrogens is 350 g/mol. The minimum atomic E-state index is -2.94. The topological polar surface area (TPSA) is 69.7 Å². The number of hydrogen-bond donors (Lipinski definition) is 1. The van der Waals surface area contributed by atoms with Gasteiger partial charge in [0.05, 0.1) is 24.1 Å². The smallest absolute Gasteiger partial charge is 0.234 e. The first kappa shape index (κ1) is 20.9. The molecule has 146 valence electrons. The van der Waals surface area contributed by atoms with Crippen LogP contribution in [-0.2, 0) is 21.1 Å². The molecule has 0 aliphatic carbocycles. The van der Waals surface area contributed by atoms with Gasteiger partial charge in [0.2, 0.25) is 5.91 Å². The van der Waals surface area contributed by atoms with Gasteiger partial charge in [0.15, 0.2) is 9.84 Å². The molecule has 1 N–H and O–H groups in total. The van der Waals surface area contributed by atoms with Gasteiger partial charge in [-0.15, -0.1) is 0 Å². The van der Waals surface area contributed by atoms with Crippen LogP contribution in [0.15, 0.2) is 24.3 Å². The monoisotopic (exact) mass is 381 g/mol. The highest BCUT2D eigenvalue weighted by molar-refractivity contribution is 7.91. The predicted octanol–water partition coefficient (Wildman–Crippen LogP) is 1.09. The summed E-state index contributed by atoms with van der Waals surface area (Å²) >= 11 is 0. The third-order valence-corrected chi connectivity index (χ3v) is 6.86. The van der Waals surface area contributed by atoms with Crippen LogP contribution in [0.3, 0.4) is 0 Å². The molecule has 1 fully saturated rings. The van der Waals surface area contributed by atoms with Gasteiger partial charge in [0.1, 0.15) is 0 Å². The number of likely N-dealkylation sites (N-methyl/N-ethyl adjacent to an activating group) is 2. The largest absolute Gasteiger partial charge is 0.353 e. The summed E-state index contributed by atoms with van der Waals surface area (Å²) in [6.45, 7) is 2.87. The van der Waals surface area contributed by atoms with E-state index in [9.17, 15) is 13.2 Å². The molecule has 1 aliphatic heterocycles. The molecule has 26 heavy (non-hydrogen) atoms. The third kappa shape index (κ3) is 5.79. The molecule has 2 unspecified atom stereocenters. The van der Waals surface area contributed by atoms with Crippen LogP contribution in [-0.4, -0.2) is 75.9 Å². The first-order chi connectivity index (χ1) is 12.2. The van der Waals surface area contributed by atoms with E-state index in [2.05, 4.69) is 41.4 Å². The van der Waals surface area contributed by atoms with Crippen LogP contribution in [0.25, 0.3) is 0 Å². The zero-order valence-electron chi connectivity index (χ0n) is 16.2. The van der Waals surface area contributed by atoms with Crippen LogP contribution >= 0.6 is 0 Å². The predicted molar refractivity (Wildman–Crippen MR) is 105 cm³/mol. The summed E-state index contributed by atoms with van der Waals surface area (Å²) in [5.74, 6) is 0.301. The first-order valence-corrected chi connectivity index (χ1v) is 11.0. The zero-order chi connectivity index (χ0) is 19.3. The molecule has 1 saturated heterocycles. The molecule has 1 aliphatic rings. The van der Waals surface area contributed by atoms with Gasteiger partial charge in [-0.05, 0) is 45.1 Å². The average Bonchev–Trinajstić information content (AvgIpc) is 2.95. The van der Waals surface area contributed by atoms with Gasteiger partial charge >= 0.3 is 0 Å². The van der Waals surface area contributed by atoms with Crippen LogP contribution in [0.1, 0.15) is 30.5 Å². The van der Waals surface area contributed by atoms with E-state index in [1.807, 2.05) is 26.0 Å². The molecule has 6 nitrogen and oxygen atoms in total. The Morgan fingerprint density at radius 3 is 2.38 bits per heavy atom. The second kappa shape index (κ2) is 8.97. The Kier molecular flexibility index (Phi) is 7.20. The summed E-state index contributed by atoms with van der Waals surface area (Å²) in [5, 5.41) is 2.99. The quantitative estimate of drug-likeness (QED) is 0.730. The minimum Gasteiger partial charge on any atom is -0.353 e. The molecule has 2 rings (SSSR count). The highest BCUT2D eigenvalue weighted by Crippen LogP contribution is 2.19. The lowest BCUT2D eigenvalue weighted by atomic mass is 10.0. The molecule has 0 saturated carbocycles. The summed E-state index contributed by atoms with van der Waals surface area (Å²) in [6.07, 6.45) is 1.61. The van der Waals surface area contributed by atoms with Crippen molar-refractivity contribution in [2.75, 3.05) is 45.7 Å². The SMILES string of the molecule is CCc1ccc(C(CNC(=O)CN(C)C2CCS(=O)(=O)C2)N(C)C)cc1. The first-order valence-electron chi connectivity index (χ1n) is 9.14. The van der Waals surface area contributed by atoms with Crippen LogP contribution in [0.5, 0.6) is 0 Å². The van der Waals surface area contributed by atoms with Crippen molar-refractivity contribution < 1.29 is 13.2 Å². The summed E-state index contributed by atoms with van der Waals surface area (Å²) in [7, 11) is 2.88. The molecule has 0 bridgehead atoms. The highest BCUT2D eigenvalue weighted by Gasteiger charge is 2.31. The average molecular weight is 382 g/mol. The second-order valence-electron chi connectivity index (χ2n) is 7.35. The van der Waals surface area contributed by atoms with Crippen molar-refractivity contribution in [2.24, 2.45) is 0 Å². The number of nitrogens with one attached hydrogen (secondary N) is 1. The van der Waals surface area contributed by atoms with Crippen molar-refractivity contribution in [1.82, 2.24) is 15.1 Å². The molecular formula is C19H31N3O3S. The van der Waals surface area contributed by atoms with Crippen molar-refractivity contribution in [2.45, 2.75) is 31.8 Å². The van der Waals surface area contributed by atoms with Crippen molar-refractivity contribution in [3.63, 3.8) is 0 Å². The number of nitrogens with zero attached hydrogens (tertiary/aromatic N) is 2. The molecule has 1 aromatic carbocycles. The number of carbonyl (C=O) groups excluding carboxylic acids is 1. The van der Waals surface area contributed by atoms with Gasteiger partial charge in [-0.1, -0.05) is 31.2 Å². The van der Waals surface area contributed by atoms with Crippen LogP contribution < -0.4 is 5.32 Å². The molecule has 0 radical (unpaired) electrons. The fourth-order valence-electron chi connectivity index (χ4n) is 3.32. The van der Waals surface area contributed by atoms with E-state index in [1.165, 1.54) is 11.1 Å². The van der Waals surface area contributed by atoms with Crippen LogP contribution in [0.2, 0.25) is 0 Å². The maximum absolute atomic E-state index is 12.3. The number of hydrogen-bond acceptors (Lipinski definition) is 5. The van der Waals surface area contributed by atoms with Gasteiger partial charge in [0.25, 0.3) is 0 Å². The Morgan fingerprint density at radius 1 is 1.23 bits per heavy atom. The number of sulfone groups is 1. The lowest BCUT2D eigenvalue weighted by Gasteiger charge is -2.27. The summed E-state index contributed by atoms with van der Waals surface area (Å²) in [5.41, 5.74) is 2.46. The van der Waals surface area contributed by atoms with E-state index in [4.69, 9.17) is 0 Å². The zero-order valence-corrected chi connectivity index (χ0v) is 17.1. The van der Waals surface area contributed by atoms with Gasteiger partial charge in [-0.2, -0.15) is 0 Å². The van der Waals surface area contributed by atoms with Crippen molar-refractivity contribution in [3.05, 3.63) is 35.4 Å². The Morgan fingerprint density at radius 2 is 1.88 bits per heavy atom. The Balaban J connectivity index is 1.88. The van der Waals surface area contributed by atoms with Gasteiger partial charge in [-0.25, -0.2) is 8.42 Å². The standard InChI is InChI=1S/C19H31N3O3S/c1-5-15-6-8-16(9-7-15)18(21(2)3)12-20-19(23)13-22(4)17-10-11-26(24,25)14-17/h6-9,17-18H,5,10-14H2,1-4H3,(H,20,23). The Labute approximate surface area is 157 Å². The van der Waals surface area contributed by atoms with E-state index in [1.54, 1.807) is 0 Å². The lowest BCUT2D eigenvalue weighted by molar-refractivity contribution is -0.122. The molecule has 1 amide bonds. The number of benzene rings is 1. The van der Waals surface area contributed by atoms with Gasteiger partial charge in [-0.3, -0.25) is 9.69 Å². The number of aryl methyl sites for hydroxylation is 1. The van der Waals surface area contributed by atoms with Crippen molar-refractivity contribution in [1.29, 1.82) is 0 Å². The molecule has 7 heteroatoms. The summed E-state index contributed by atoms with van der Waals surface area (Å²) < 4.78 is 23.2. The van der Waals surface area contributed by atoms with Gasteiger partial charge < -0.3 is 10.2 Å². The number of rotatable bonds is 8. The minimum absolute atomic E-state index is 0.0583. The maximum Gasteiger partial charge on any atom is 0.234 e. The van der Waals surface area contributed by atoms with E-state index in [0.29, 0.717) is 13.0 Å². The van der Waals surface area contributed by atoms with E-state index in [-0.39, 0.29) is 36.0 Å². The van der Waals surface area contributed by atoms with Crippen LogP contribution in [0.4, 0.5) is 0 Å². The molecule has 0 aromatic heterocycles. The van der Waals surface area contributed by atoms with Crippen molar-refractivity contribution >= 4 is 15.7 Å². The highest BCUT2D eigenvalue weighted by atomic mass is 32.2. The fourth-order valence-corrected chi connectivity index (χ4v) is 5.12. The van der Waals surface area contributed by atoms with Crippen molar-refractivity contribution in [3.8, 4) is 0 Å². The van der Waals surface area contributed by atoms with E-state index < -0.39 is 9.84 Å². The van der Waals surface area contributed by atoms with Crippen LogP contribution in [0, 0.1) is 0 Å². The Bertz CT molecular complexity index is 701. The molecule has 1 aromatic rings. The molecule has 2 atom stereocenters. The fraction of sp³-hybridized carbons (Fsp3) is 0.632. The molecule has 0 spiro atoms. The lowest BCUT2D eigenvalue weighted by Crippen LogP contribution is -2.43. The third-order valence-electron chi connectivity index (χ3n) is 5.11. The summed E-state index contributed by atoms with van der Waals surface area (Å²) in [6, 6.07) is 8.53. The Hall–Kier alpha value is -1.44. The maximum atomic E-state index is 12.3. The summed E-state index contributed by atoms with van der Waals surface area (Å²) in [4.78, 5) is 16.2.